The number of hydrogen-bond acceptors (Lipinski definition) is 3. The van der Waals surface area contributed by atoms with Gasteiger partial charge in [-0.3, -0.25) is 4.90 Å². The summed E-state index contributed by atoms with van der Waals surface area (Å²) in [6.07, 6.45) is 4.01. The average Bonchev–Trinajstić information content (AvgIpc) is 2.38. The molecule has 3 heteroatoms. The molecule has 0 spiro atoms. The molecule has 1 aromatic rings. The topological polar surface area (TPSA) is 32.7 Å². The van der Waals surface area contributed by atoms with Gasteiger partial charge in [-0.25, -0.2) is 0 Å². The summed E-state index contributed by atoms with van der Waals surface area (Å²) in [7, 11) is 0. The Bertz CT molecular complexity index is 335. The molecule has 0 aromatic heterocycles. The number of nitrogens with zero attached hydrogens (tertiary/aromatic N) is 1. The van der Waals surface area contributed by atoms with Crippen molar-refractivity contribution in [3.63, 3.8) is 0 Å². The molecule has 2 rings (SSSR count). The van der Waals surface area contributed by atoms with E-state index in [0.717, 1.165) is 12.3 Å². The minimum Gasteiger partial charge on any atom is -0.491 e. The van der Waals surface area contributed by atoms with Crippen LogP contribution in [-0.4, -0.2) is 36.3 Å². The Kier molecular flexibility index (Phi) is 4.83. The van der Waals surface area contributed by atoms with Gasteiger partial charge in [0.25, 0.3) is 0 Å². The standard InChI is InChI=1S/C14H21NO2/c16-9-10-17-14-6-4-5-13(11-14)12-15-7-2-1-3-8-15/h4-6,11,16H,1-3,7-10,12H2. The van der Waals surface area contributed by atoms with Crippen molar-refractivity contribution in [1.29, 1.82) is 0 Å². The van der Waals surface area contributed by atoms with E-state index in [9.17, 15) is 0 Å². The summed E-state index contributed by atoms with van der Waals surface area (Å²) in [5.41, 5.74) is 1.29. The van der Waals surface area contributed by atoms with Gasteiger partial charge in [-0.15, -0.1) is 0 Å². The number of aliphatic hydroxyl groups excluding tert-OH is 1. The number of benzene rings is 1. The molecule has 1 N–H and O–H groups in total. The maximum Gasteiger partial charge on any atom is 0.119 e. The molecule has 0 amide bonds. The van der Waals surface area contributed by atoms with E-state index in [-0.39, 0.29) is 6.61 Å². The lowest BCUT2D eigenvalue weighted by Crippen LogP contribution is -2.29. The first-order chi connectivity index (χ1) is 8.38. The monoisotopic (exact) mass is 235 g/mol. The highest BCUT2D eigenvalue weighted by molar-refractivity contribution is 5.28. The zero-order valence-corrected chi connectivity index (χ0v) is 10.3. The summed E-state index contributed by atoms with van der Waals surface area (Å²) < 4.78 is 5.42. The van der Waals surface area contributed by atoms with Crippen LogP contribution in [0.15, 0.2) is 24.3 Å². The third kappa shape index (κ3) is 4.02. The maximum absolute atomic E-state index is 8.72. The molecular formula is C14H21NO2. The van der Waals surface area contributed by atoms with E-state index in [2.05, 4.69) is 17.0 Å². The molecule has 0 saturated carbocycles. The maximum atomic E-state index is 8.72. The lowest BCUT2D eigenvalue weighted by molar-refractivity contribution is 0.200. The van der Waals surface area contributed by atoms with Crippen molar-refractivity contribution in [3.8, 4) is 5.75 Å². The highest BCUT2D eigenvalue weighted by atomic mass is 16.5. The van der Waals surface area contributed by atoms with E-state index in [1.54, 1.807) is 0 Å². The summed E-state index contributed by atoms with van der Waals surface area (Å²) in [5, 5.41) is 8.72. The summed E-state index contributed by atoms with van der Waals surface area (Å²) in [5.74, 6) is 0.855. The van der Waals surface area contributed by atoms with Crippen molar-refractivity contribution in [2.75, 3.05) is 26.3 Å². The van der Waals surface area contributed by atoms with Crippen LogP contribution in [0.5, 0.6) is 5.75 Å². The van der Waals surface area contributed by atoms with Crippen LogP contribution in [0, 0.1) is 0 Å². The number of aliphatic hydroxyl groups is 1. The number of hydrogen-bond donors (Lipinski definition) is 1. The van der Waals surface area contributed by atoms with Crippen molar-refractivity contribution in [3.05, 3.63) is 29.8 Å². The quantitative estimate of drug-likeness (QED) is 0.847. The van der Waals surface area contributed by atoms with Crippen LogP contribution in [0.2, 0.25) is 0 Å². The third-order valence-electron chi connectivity index (χ3n) is 3.11. The number of ether oxygens (including phenoxy) is 1. The molecule has 0 atom stereocenters. The highest BCUT2D eigenvalue weighted by Crippen LogP contribution is 2.17. The minimum atomic E-state index is 0.0658. The Morgan fingerprint density at radius 3 is 2.76 bits per heavy atom. The van der Waals surface area contributed by atoms with Crippen LogP contribution in [0.1, 0.15) is 24.8 Å². The second kappa shape index (κ2) is 6.62. The first kappa shape index (κ1) is 12.4. The van der Waals surface area contributed by atoms with Gasteiger partial charge in [0.2, 0.25) is 0 Å². The first-order valence-corrected chi connectivity index (χ1v) is 6.43. The molecule has 17 heavy (non-hydrogen) atoms. The molecule has 0 aliphatic carbocycles. The molecule has 1 heterocycles. The lowest BCUT2D eigenvalue weighted by Gasteiger charge is -2.26. The SMILES string of the molecule is OCCOc1cccc(CN2CCCCC2)c1. The molecule has 0 radical (unpaired) electrons. The fourth-order valence-electron chi connectivity index (χ4n) is 2.27. The van der Waals surface area contributed by atoms with Crippen molar-refractivity contribution in [2.45, 2.75) is 25.8 Å². The van der Waals surface area contributed by atoms with E-state index in [4.69, 9.17) is 9.84 Å². The van der Waals surface area contributed by atoms with Crippen LogP contribution >= 0.6 is 0 Å². The Morgan fingerprint density at radius 2 is 2.00 bits per heavy atom. The van der Waals surface area contributed by atoms with Crippen molar-refractivity contribution >= 4 is 0 Å². The molecule has 0 bridgehead atoms. The molecule has 1 aromatic carbocycles. The van der Waals surface area contributed by atoms with Gasteiger partial charge in [0, 0.05) is 6.54 Å². The van der Waals surface area contributed by atoms with Gasteiger partial charge in [-0.1, -0.05) is 18.6 Å². The largest absolute Gasteiger partial charge is 0.491 e. The van der Waals surface area contributed by atoms with E-state index >= 15 is 0 Å². The summed E-state index contributed by atoms with van der Waals surface area (Å²) in [4.78, 5) is 2.49. The average molecular weight is 235 g/mol. The molecule has 3 nitrogen and oxygen atoms in total. The second-order valence-electron chi connectivity index (χ2n) is 4.56. The van der Waals surface area contributed by atoms with Crippen LogP contribution < -0.4 is 4.74 Å². The van der Waals surface area contributed by atoms with Gasteiger partial charge >= 0.3 is 0 Å². The zero-order chi connectivity index (χ0) is 11.9. The van der Waals surface area contributed by atoms with Gasteiger partial charge in [-0.2, -0.15) is 0 Å². The summed E-state index contributed by atoms with van der Waals surface area (Å²) >= 11 is 0. The normalized spacial score (nSPS) is 17.0. The van der Waals surface area contributed by atoms with Gasteiger partial charge in [-0.05, 0) is 43.6 Å². The Hall–Kier alpha value is -1.06. The van der Waals surface area contributed by atoms with Gasteiger partial charge in [0.05, 0.1) is 6.61 Å². The predicted molar refractivity (Wildman–Crippen MR) is 68.2 cm³/mol. The Labute approximate surface area is 103 Å². The first-order valence-electron chi connectivity index (χ1n) is 6.43. The molecule has 1 aliphatic heterocycles. The lowest BCUT2D eigenvalue weighted by atomic mass is 10.1. The van der Waals surface area contributed by atoms with Crippen LogP contribution in [0.4, 0.5) is 0 Å². The second-order valence-corrected chi connectivity index (χ2v) is 4.56. The van der Waals surface area contributed by atoms with Crippen LogP contribution in [0.3, 0.4) is 0 Å². The number of piperidine rings is 1. The van der Waals surface area contributed by atoms with E-state index < -0.39 is 0 Å². The molecule has 0 unspecified atom stereocenters. The summed E-state index contributed by atoms with van der Waals surface area (Å²) in [6, 6.07) is 8.17. The van der Waals surface area contributed by atoms with Crippen molar-refractivity contribution < 1.29 is 9.84 Å². The third-order valence-corrected chi connectivity index (χ3v) is 3.11. The molecular weight excluding hydrogens is 214 g/mol. The van der Waals surface area contributed by atoms with Crippen molar-refractivity contribution in [2.24, 2.45) is 0 Å². The molecule has 1 fully saturated rings. The van der Waals surface area contributed by atoms with Crippen LogP contribution in [0.25, 0.3) is 0 Å². The molecule has 1 saturated heterocycles. The van der Waals surface area contributed by atoms with Gasteiger partial charge in [0.15, 0.2) is 0 Å². The zero-order valence-electron chi connectivity index (χ0n) is 10.3. The fourth-order valence-corrected chi connectivity index (χ4v) is 2.27. The van der Waals surface area contributed by atoms with Gasteiger partial charge in [0.1, 0.15) is 12.4 Å². The molecule has 1 aliphatic rings. The summed E-state index contributed by atoms with van der Waals surface area (Å²) in [6.45, 7) is 3.86. The smallest absolute Gasteiger partial charge is 0.119 e. The van der Waals surface area contributed by atoms with Crippen LogP contribution in [-0.2, 0) is 6.54 Å². The highest BCUT2D eigenvalue weighted by Gasteiger charge is 2.10. The van der Waals surface area contributed by atoms with Crippen molar-refractivity contribution in [1.82, 2.24) is 4.90 Å². The van der Waals surface area contributed by atoms with Gasteiger partial charge < -0.3 is 9.84 Å². The Balaban J connectivity index is 1.90. The number of rotatable bonds is 5. The number of likely N-dealkylation sites (tertiary alicyclic amines) is 1. The molecule has 94 valence electrons. The fraction of sp³-hybridized carbons (Fsp3) is 0.571. The van der Waals surface area contributed by atoms with E-state index in [1.807, 2.05) is 12.1 Å². The predicted octanol–water partition coefficient (Wildman–Crippen LogP) is 2.04. The van der Waals surface area contributed by atoms with E-state index in [1.165, 1.54) is 37.9 Å². The minimum absolute atomic E-state index is 0.0658. The van der Waals surface area contributed by atoms with E-state index in [0.29, 0.717) is 6.61 Å². The Morgan fingerprint density at radius 1 is 1.18 bits per heavy atom.